The largest absolute Gasteiger partial charge is 0.467 e. The first-order valence-electron chi connectivity index (χ1n) is 5.68. The van der Waals surface area contributed by atoms with E-state index in [0.29, 0.717) is 11.6 Å². The number of methoxy groups -OCH3 is 1. The highest BCUT2D eigenvalue weighted by atomic mass is 32.2. The highest BCUT2D eigenvalue weighted by molar-refractivity contribution is 8.00. The Bertz CT molecular complexity index is 346. The molecule has 0 saturated carbocycles. The third-order valence-corrected chi connectivity index (χ3v) is 3.54. The van der Waals surface area contributed by atoms with Crippen LogP contribution < -0.4 is 5.32 Å². The van der Waals surface area contributed by atoms with Gasteiger partial charge in [0.1, 0.15) is 12.6 Å². The van der Waals surface area contributed by atoms with Gasteiger partial charge in [0.15, 0.2) is 0 Å². The van der Waals surface area contributed by atoms with Crippen LogP contribution in [0.15, 0.2) is 0 Å². The highest BCUT2D eigenvalue weighted by Gasteiger charge is 2.28. The first kappa shape index (κ1) is 14.8. The van der Waals surface area contributed by atoms with Crippen molar-refractivity contribution in [3.63, 3.8) is 0 Å². The van der Waals surface area contributed by atoms with Crippen LogP contribution in [0, 0.1) is 5.92 Å². The van der Waals surface area contributed by atoms with Crippen LogP contribution in [-0.4, -0.2) is 54.0 Å². The molecule has 0 aliphatic carbocycles. The second kappa shape index (κ2) is 6.63. The zero-order chi connectivity index (χ0) is 13.7. The predicted octanol–water partition coefficient (Wildman–Crippen LogP) is -0.167. The van der Waals surface area contributed by atoms with Crippen LogP contribution in [0.4, 0.5) is 0 Å². The van der Waals surface area contributed by atoms with Crippen LogP contribution in [0.1, 0.15) is 13.8 Å². The predicted molar refractivity (Wildman–Crippen MR) is 67.8 cm³/mol. The Balaban J connectivity index is 2.51. The minimum absolute atomic E-state index is 0.00789. The first-order valence-corrected chi connectivity index (χ1v) is 6.84. The molecule has 18 heavy (non-hydrogen) atoms. The summed E-state index contributed by atoms with van der Waals surface area (Å²) >= 11 is 1.47. The van der Waals surface area contributed by atoms with E-state index in [9.17, 15) is 14.4 Å². The van der Waals surface area contributed by atoms with E-state index in [4.69, 9.17) is 0 Å². The number of amides is 2. The SMILES string of the molecule is COC(=O)C(NC(=O)CN1CSCC1=O)C(C)C. The number of carbonyl (C=O) groups excluding carboxylic acids is 3. The van der Waals surface area contributed by atoms with E-state index in [1.54, 1.807) is 0 Å². The lowest BCUT2D eigenvalue weighted by molar-refractivity contribution is -0.146. The molecule has 0 aromatic carbocycles. The average molecular weight is 274 g/mol. The fraction of sp³-hybridized carbons (Fsp3) is 0.727. The number of hydrogen-bond donors (Lipinski definition) is 1. The minimum Gasteiger partial charge on any atom is -0.467 e. The van der Waals surface area contributed by atoms with Crippen molar-refractivity contribution >= 4 is 29.5 Å². The Hall–Kier alpha value is -1.24. The molecular weight excluding hydrogens is 256 g/mol. The third-order valence-electron chi connectivity index (χ3n) is 2.60. The molecule has 6 nitrogen and oxygen atoms in total. The topological polar surface area (TPSA) is 75.7 Å². The Kier molecular flexibility index (Phi) is 5.46. The summed E-state index contributed by atoms with van der Waals surface area (Å²) in [7, 11) is 1.28. The van der Waals surface area contributed by atoms with Gasteiger partial charge in [-0.25, -0.2) is 4.79 Å². The standard InChI is InChI=1S/C11H18N2O4S/c1-7(2)10(11(16)17-3)12-8(14)4-13-6-18-5-9(13)15/h7,10H,4-6H2,1-3H3,(H,12,14). The van der Waals surface area contributed by atoms with Gasteiger partial charge in [-0.15, -0.1) is 11.8 Å². The Morgan fingerprint density at radius 1 is 1.50 bits per heavy atom. The number of thioether (sulfide) groups is 1. The minimum atomic E-state index is -0.673. The quantitative estimate of drug-likeness (QED) is 0.705. The second-order valence-corrected chi connectivity index (χ2v) is 5.34. The van der Waals surface area contributed by atoms with Crippen molar-refractivity contribution in [2.24, 2.45) is 5.92 Å². The summed E-state index contributed by atoms with van der Waals surface area (Å²) in [5, 5.41) is 2.60. The van der Waals surface area contributed by atoms with E-state index < -0.39 is 12.0 Å². The second-order valence-electron chi connectivity index (χ2n) is 4.38. The van der Waals surface area contributed by atoms with Gasteiger partial charge in [-0.2, -0.15) is 0 Å². The Labute approximate surface area is 110 Å². The summed E-state index contributed by atoms with van der Waals surface area (Å²) in [4.78, 5) is 36.0. The van der Waals surface area contributed by atoms with Crippen LogP contribution in [-0.2, 0) is 19.1 Å². The molecule has 2 amide bonds. The molecule has 7 heteroatoms. The lowest BCUT2D eigenvalue weighted by Gasteiger charge is -2.21. The molecule has 1 saturated heterocycles. The van der Waals surface area contributed by atoms with Crippen molar-refractivity contribution in [1.82, 2.24) is 10.2 Å². The van der Waals surface area contributed by atoms with Gasteiger partial charge in [0.2, 0.25) is 11.8 Å². The van der Waals surface area contributed by atoms with Gasteiger partial charge in [0, 0.05) is 0 Å². The lowest BCUT2D eigenvalue weighted by atomic mass is 10.0. The molecule has 0 spiro atoms. The van der Waals surface area contributed by atoms with Crippen molar-refractivity contribution in [3.05, 3.63) is 0 Å². The smallest absolute Gasteiger partial charge is 0.328 e. The zero-order valence-corrected chi connectivity index (χ0v) is 11.6. The average Bonchev–Trinajstić information content (AvgIpc) is 2.70. The van der Waals surface area contributed by atoms with Crippen LogP contribution in [0.5, 0.6) is 0 Å². The molecule has 1 atom stereocenters. The van der Waals surface area contributed by atoms with Crippen molar-refractivity contribution in [2.75, 3.05) is 25.3 Å². The molecule has 1 fully saturated rings. The van der Waals surface area contributed by atoms with Gasteiger partial charge >= 0.3 is 5.97 Å². The van der Waals surface area contributed by atoms with Crippen molar-refractivity contribution in [1.29, 1.82) is 0 Å². The van der Waals surface area contributed by atoms with Gasteiger partial charge in [-0.1, -0.05) is 13.8 Å². The number of ether oxygens (including phenoxy) is 1. The maximum atomic E-state index is 11.8. The molecule has 1 N–H and O–H groups in total. The molecule has 102 valence electrons. The summed E-state index contributed by atoms with van der Waals surface area (Å²) in [6, 6.07) is -0.673. The lowest BCUT2D eigenvalue weighted by Crippen LogP contribution is -2.48. The number of hydrogen-bond acceptors (Lipinski definition) is 5. The first-order chi connectivity index (χ1) is 8.45. The third kappa shape index (κ3) is 3.90. The molecule has 1 heterocycles. The number of carbonyl (C=O) groups is 3. The number of rotatable bonds is 5. The monoisotopic (exact) mass is 274 g/mol. The van der Waals surface area contributed by atoms with Crippen molar-refractivity contribution in [2.45, 2.75) is 19.9 Å². The van der Waals surface area contributed by atoms with Gasteiger partial charge in [0.05, 0.1) is 18.7 Å². The number of nitrogens with one attached hydrogen (secondary N) is 1. The Morgan fingerprint density at radius 3 is 2.61 bits per heavy atom. The van der Waals surface area contributed by atoms with Gasteiger partial charge < -0.3 is 15.0 Å². The van der Waals surface area contributed by atoms with E-state index in [0.717, 1.165) is 0 Å². The molecule has 0 bridgehead atoms. The summed E-state index contributed by atoms with van der Waals surface area (Å²) in [6.07, 6.45) is 0. The number of esters is 1. The molecule has 1 unspecified atom stereocenters. The molecular formula is C11H18N2O4S. The summed E-state index contributed by atoms with van der Waals surface area (Å²) < 4.78 is 4.63. The van der Waals surface area contributed by atoms with Crippen LogP contribution >= 0.6 is 11.8 Å². The van der Waals surface area contributed by atoms with Gasteiger partial charge in [0.25, 0.3) is 0 Å². The number of nitrogens with zero attached hydrogens (tertiary/aromatic N) is 1. The molecule has 1 aliphatic rings. The molecule has 0 aromatic rings. The maximum absolute atomic E-state index is 11.8. The van der Waals surface area contributed by atoms with Crippen LogP contribution in [0.3, 0.4) is 0 Å². The van der Waals surface area contributed by atoms with Crippen LogP contribution in [0.25, 0.3) is 0 Å². The summed E-state index contributed by atoms with van der Waals surface area (Å²) in [5.41, 5.74) is 0. The Morgan fingerprint density at radius 2 is 2.17 bits per heavy atom. The molecule has 0 aromatic heterocycles. The molecule has 1 rings (SSSR count). The molecule has 1 aliphatic heterocycles. The summed E-state index contributed by atoms with van der Waals surface area (Å²) in [5.74, 6) is 0.0177. The fourth-order valence-corrected chi connectivity index (χ4v) is 2.46. The summed E-state index contributed by atoms with van der Waals surface area (Å²) in [6.45, 7) is 3.63. The van der Waals surface area contributed by atoms with Gasteiger partial charge in [-0.3, -0.25) is 9.59 Å². The van der Waals surface area contributed by atoms with Gasteiger partial charge in [-0.05, 0) is 5.92 Å². The van der Waals surface area contributed by atoms with Crippen molar-refractivity contribution in [3.8, 4) is 0 Å². The zero-order valence-electron chi connectivity index (χ0n) is 10.8. The van der Waals surface area contributed by atoms with Crippen molar-refractivity contribution < 1.29 is 19.1 Å². The van der Waals surface area contributed by atoms with E-state index >= 15 is 0 Å². The van der Waals surface area contributed by atoms with E-state index in [1.807, 2.05) is 13.8 Å². The van der Waals surface area contributed by atoms with Crippen LogP contribution in [0.2, 0.25) is 0 Å². The maximum Gasteiger partial charge on any atom is 0.328 e. The van der Waals surface area contributed by atoms with E-state index in [-0.39, 0.29) is 24.3 Å². The normalized spacial score (nSPS) is 16.9. The fourth-order valence-electron chi connectivity index (χ4n) is 1.56. The highest BCUT2D eigenvalue weighted by Crippen LogP contribution is 2.14. The van der Waals surface area contributed by atoms with E-state index in [1.165, 1.54) is 23.8 Å². The molecule has 0 radical (unpaired) electrons. The van der Waals surface area contributed by atoms with E-state index in [2.05, 4.69) is 10.1 Å².